The first-order valence-electron chi connectivity index (χ1n) is 5.39. The van der Waals surface area contributed by atoms with Crippen molar-refractivity contribution in [3.8, 4) is 12.1 Å². The minimum absolute atomic E-state index is 0.0634. The average Bonchev–Trinajstić information content (AvgIpc) is 2.37. The van der Waals surface area contributed by atoms with Crippen LogP contribution < -0.4 is 5.73 Å². The lowest BCUT2D eigenvalue weighted by molar-refractivity contribution is -0.127. The number of rotatable bonds is 3. The molecule has 0 saturated carbocycles. The molecule has 2 N–H and O–H groups in total. The van der Waals surface area contributed by atoms with Crippen molar-refractivity contribution in [2.45, 2.75) is 17.2 Å². The Morgan fingerprint density at radius 2 is 2.00 bits per heavy atom. The van der Waals surface area contributed by atoms with Crippen LogP contribution in [0.3, 0.4) is 0 Å². The summed E-state index contributed by atoms with van der Waals surface area (Å²) in [7, 11) is 3.32. The van der Waals surface area contributed by atoms with E-state index in [1.165, 1.54) is 11.0 Å². The first kappa shape index (κ1) is 14.8. The second-order valence-electron chi connectivity index (χ2n) is 3.99. The largest absolute Gasteiger partial charge is 0.383 e. The predicted octanol–water partition coefficient (Wildman–Crippen LogP) is 0.976. The maximum atomic E-state index is 11.8. The summed E-state index contributed by atoms with van der Waals surface area (Å²) in [4.78, 5) is 17.3. The molecule has 1 heterocycles. The second kappa shape index (κ2) is 6.07. The molecule has 19 heavy (non-hydrogen) atoms. The number of nitrogen functional groups attached to an aromatic ring is 1. The molecule has 1 atom stereocenters. The third-order valence-corrected chi connectivity index (χ3v) is 3.42. The van der Waals surface area contributed by atoms with Gasteiger partial charge in [-0.3, -0.25) is 4.79 Å². The third-order valence-electron chi connectivity index (χ3n) is 2.33. The lowest BCUT2D eigenvalue weighted by Crippen LogP contribution is -2.29. The number of pyridine rings is 1. The predicted molar refractivity (Wildman–Crippen MR) is 72.1 cm³/mol. The molecule has 0 bridgehead atoms. The lowest BCUT2D eigenvalue weighted by Gasteiger charge is -2.16. The van der Waals surface area contributed by atoms with Crippen LogP contribution in [0.1, 0.15) is 18.1 Å². The van der Waals surface area contributed by atoms with Gasteiger partial charge in [-0.2, -0.15) is 10.5 Å². The van der Waals surface area contributed by atoms with Crippen LogP contribution >= 0.6 is 11.8 Å². The van der Waals surface area contributed by atoms with Gasteiger partial charge < -0.3 is 10.6 Å². The molecule has 0 aliphatic carbocycles. The fourth-order valence-electron chi connectivity index (χ4n) is 1.35. The zero-order valence-corrected chi connectivity index (χ0v) is 11.7. The Balaban J connectivity index is 3.09. The van der Waals surface area contributed by atoms with Gasteiger partial charge in [0, 0.05) is 14.1 Å². The van der Waals surface area contributed by atoms with Gasteiger partial charge in [0.25, 0.3) is 0 Å². The molecule has 1 aromatic heterocycles. The summed E-state index contributed by atoms with van der Waals surface area (Å²) < 4.78 is 0. The van der Waals surface area contributed by atoms with E-state index in [1.807, 2.05) is 12.1 Å². The number of hydrogen-bond donors (Lipinski definition) is 1. The Hall–Kier alpha value is -2.25. The van der Waals surface area contributed by atoms with E-state index in [0.29, 0.717) is 5.03 Å². The monoisotopic (exact) mass is 275 g/mol. The smallest absolute Gasteiger partial charge is 0.235 e. The number of nitrogens with zero attached hydrogens (tertiary/aromatic N) is 4. The van der Waals surface area contributed by atoms with E-state index in [2.05, 4.69) is 4.98 Å². The van der Waals surface area contributed by atoms with Crippen LogP contribution in [0.5, 0.6) is 0 Å². The van der Waals surface area contributed by atoms with Crippen LogP contribution in [0.25, 0.3) is 0 Å². The number of amides is 1. The fraction of sp³-hybridized carbons (Fsp3) is 0.333. The molecule has 1 rings (SSSR count). The Bertz CT molecular complexity index is 585. The van der Waals surface area contributed by atoms with Crippen LogP contribution in [0.2, 0.25) is 0 Å². The van der Waals surface area contributed by atoms with E-state index >= 15 is 0 Å². The molecule has 0 spiro atoms. The van der Waals surface area contributed by atoms with E-state index in [4.69, 9.17) is 16.3 Å². The standard InChI is InChI=1S/C12H13N5OS/c1-7(12(18)17(2)3)19-11-9(6-14)4-8(5-13)10(15)16-11/h4,7H,1-3H3,(H2,15,16)/t7-/m0/s1. The fourth-order valence-corrected chi connectivity index (χ4v) is 2.38. The molecule has 0 radical (unpaired) electrons. The third kappa shape index (κ3) is 3.36. The number of carbonyl (C=O) groups is 1. The number of nitrogens with two attached hydrogens (primary N) is 1. The van der Waals surface area contributed by atoms with Crippen molar-refractivity contribution in [1.29, 1.82) is 10.5 Å². The van der Waals surface area contributed by atoms with Crippen molar-refractivity contribution in [2.24, 2.45) is 0 Å². The number of carbonyl (C=O) groups excluding carboxylic acids is 1. The number of anilines is 1. The van der Waals surface area contributed by atoms with E-state index in [1.54, 1.807) is 21.0 Å². The van der Waals surface area contributed by atoms with Gasteiger partial charge in [-0.15, -0.1) is 0 Å². The van der Waals surface area contributed by atoms with Crippen molar-refractivity contribution >= 4 is 23.5 Å². The quantitative estimate of drug-likeness (QED) is 0.824. The summed E-state index contributed by atoms with van der Waals surface area (Å²) >= 11 is 1.15. The van der Waals surface area contributed by atoms with Gasteiger partial charge in [0.15, 0.2) is 0 Å². The first-order valence-corrected chi connectivity index (χ1v) is 6.27. The minimum Gasteiger partial charge on any atom is -0.383 e. The lowest BCUT2D eigenvalue weighted by atomic mass is 10.2. The highest BCUT2D eigenvalue weighted by molar-refractivity contribution is 8.00. The zero-order valence-electron chi connectivity index (χ0n) is 10.8. The van der Waals surface area contributed by atoms with Crippen LogP contribution in [-0.4, -0.2) is 35.1 Å². The minimum atomic E-state index is -0.387. The summed E-state index contributed by atoms with van der Waals surface area (Å²) in [5, 5.41) is 17.8. The summed E-state index contributed by atoms with van der Waals surface area (Å²) in [6.45, 7) is 1.73. The molecule has 0 aliphatic rings. The highest BCUT2D eigenvalue weighted by Gasteiger charge is 2.20. The molecule has 0 saturated heterocycles. The molecule has 98 valence electrons. The van der Waals surface area contributed by atoms with Gasteiger partial charge in [-0.25, -0.2) is 4.98 Å². The van der Waals surface area contributed by atoms with Crippen LogP contribution in [0, 0.1) is 22.7 Å². The number of nitriles is 2. The highest BCUT2D eigenvalue weighted by atomic mass is 32.2. The van der Waals surface area contributed by atoms with E-state index in [0.717, 1.165) is 11.8 Å². The maximum absolute atomic E-state index is 11.8. The Morgan fingerprint density at radius 3 is 2.47 bits per heavy atom. The average molecular weight is 275 g/mol. The van der Waals surface area contributed by atoms with Crippen LogP contribution in [-0.2, 0) is 4.79 Å². The second-order valence-corrected chi connectivity index (χ2v) is 5.32. The van der Waals surface area contributed by atoms with Gasteiger partial charge in [-0.05, 0) is 13.0 Å². The molecular weight excluding hydrogens is 262 g/mol. The molecule has 6 nitrogen and oxygen atoms in total. The Kier molecular flexibility index (Phi) is 4.74. The molecule has 0 unspecified atom stereocenters. The van der Waals surface area contributed by atoms with Crippen LogP contribution in [0.4, 0.5) is 5.82 Å². The highest BCUT2D eigenvalue weighted by Crippen LogP contribution is 2.27. The summed E-state index contributed by atoms with van der Waals surface area (Å²) in [5.74, 6) is -0.0212. The van der Waals surface area contributed by atoms with Gasteiger partial charge in [0.2, 0.25) is 5.91 Å². The maximum Gasteiger partial charge on any atom is 0.235 e. The number of hydrogen-bond acceptors (Lipinski definition) is 6. The van der Waals surface area contributed by atoms with Crippen molar-refractivity contribution in [2.75, 3.05) is 19.8 Å². The van der Waals surface area contributed by atoms with Crippen molar-refractivity contribution in [1.82, 2.24) is 9.88 Å². The summed E-state index contributed by atoms with van der Waals surface area (Å²) in [5.41, 5.74) is 6.02. The van der Waals surface area contributed by atoms with Gasteiger partial charge in [-0.1, -0.05) is 11.8 Å². The van der Waals surface area contributed by atoms with Gasteiger partial charge in [0.05, 0.1) is 16.4 Å². The number of aromatic nitrogens is 1. The Morgan fingerprint density at radius 1 is 1.42 bits per heavy atom. The summed E-state index contributed by atoms with van der Waals surface area (Å²) in [6.07, 6.45) is 0. The van der Waals surface area contributed by atoms with Gasteiger partial charge in [0.1, 0.15) is 23.0 Å². The molecule has 1 aromatic rings. The normalized spacial score (nSPS) is 11.2. The summed E-state index contributed by atoms with van der Waals surface area (Å²) in [6, 6.07) is 5.21. The van der Waals surface area contributed by atoms with Gasteiger partial charge >= 0.3 is 0 Å². The van der Waals surface area contributed by atoms with E-state index < -0.39 is 0 Å². The first-order chi connectivity index (χ1) is 8.90. The van der Waals surface area contributed by atoms with Crippen molar-refractivity contribution in [3.63, 3.8) is 0 Å². The topological polar surface area (TPSA) is 107 Å². The van der Waals surface area contributed by atoms with Crippen molar-refractivity contribution < 1.29 is 4.79 Å². The van der Waals surface area contributed by atoms with Crippen molar-refractivity contribution in [3.05, 3.63) is 17.2 Å². The zero-order chi connectivity index (χ0) is 14.6. The number of thioether (sulfide) groups is 1. The molecule has 1 amide bonds. The molecular formula is C12H13N5OS. The SMILES string of the molecule is C[C@H](Sc1nc(N)c(C#N)cc1C#N)C(=O)N(C)C. The molecule has 7 heteroatoms. The van der Waals surface area contributed by atoms with E-state index in [9.17, 15) is 4.79 Å². The molecule has 0 aromatic carbocycles. The molecule has 0 fully saturated rings. The van der Waals surface area contributed by atoms with Crippen LogP contribution in [0.15, 0.2) is 11.1 Å². The van der Waals surface area contributed by atoms with E-state index in [-0.39, 0.29) is 28.1 Å². The Labute approximate surface area is 115 Å². The molecule has 0 aliphatic heterocycles.